The Bertz CT molecular complexity index is 3770. The first-order valence-corrected chi connectivity index (χ1v) is 23.5. The molecular weight excluding hydrogens is 797 g/mol. The maximum absolute atomic E-state index is 4.91. The molecule has 14 rings (SSSR count). The van der Waals surface area contributed by atoms with Crippen molar-refractivity contribution in [3.63, 3.8) is 0 Å². The van der Waals surface area contributed by atoms with E-state index >= 15 is 0 Å². The first kappa shape index (κ1) is 37.4. The third-order valence-electron chi connectivity index (χ3n) is 15.3. The van der Waals surface area contributed by atoms with Crippen LogP contribution in [-0.2, 0) is 0 Å². The molecule has 0 bridgehead atoms. The summed E-state index contributed by atoms with van der Waals surface area (Å²) >= 11 is 0. The minimum Gasteiger partial charge on any atom is -0.331 e. The fourth-order valence-corrected chi connectivity index (χ4v) is 12.3. The summed E-state index contributed by atoms with van der Waals surface area (Å²) < 4.78 is 0. The SMILES string of the molecule is C=C/C=C\C(=C)c1c2c3cccc4c(N(c5ccccc5)c5ccccc5)ccc(c2c(-c2ccccc2)c2c5cccc6c(N(C7=CC8CC8C=C7)C78C=CC=C[C@H]7C8)ccc(c12)c65)c43. The number of benzene rings is 8. The Morgan fingerprint density at radius 1 is 0.561 bits per heavy atom. The highest BCUT2D eigenvalue weighted by Crippen LogP contribution is 2.60. The third kappa shape index (κ3) is 5.24. The van der Waals surface area contributed by atoms with Crippen LogP contribution in [0.5, 0.6) is 0 Å². The van der Waals surface area contributed by atoms with Gasteiger partial charge in [0.05, 0.1) is 11.2 Å². The average Bonchev–Trinajstić information content (AvgIpc) is 4.26. The van der Waals surface area contributed by atoms with E-state index in [9.17, 15) is 0 Å². The topological polar surface area (TPSA) is 6.48 Å². The van der Waals surface area contributed by atoms with Crippen LogP contribution in [0.2, 0.25) is 0 Å². The molecule has 10 aromatic carbocycles. The Morgan fingerprint density at radius 2 is 1.15 bits per heavy atom. The maximum atomic E-state index is 4.91. The fourth-order valence-electron chi connectivity index (χ4n) is 12.3. The highest BCUT2D eigenvalue weighted by Gasteiger charge is 2.57. The van der Waals surface area contributed by atoms with Gasteiger partial charge < -0.3 is 9.80 Å². The zero-order valence-electron chi connectivity index (χ0n) is 36.7. The highest BCUT2D eigenvalue weighted by molar-refractivity contribution is 6.46. The number of nitrogens with zero attached hydrogens (tertiary/aromatic N) is 2. The minimum atomic E-state index is -0.0683. The molecule has 4 aliphatic rings. The normalized spacial score (nSPS) is 20.5. The number of allylic oxidation sites excluding steroid dienone is 9. The van der Waals surface area contributed by atoms with Gasteiger partial charge in [-0.1, -0.05) is 183 Å². The molecule has 2 fully saturated rings. The molecule has 0 amide bonds. The Kier molecular flexibility index (Phi) is 7.96. The Morgan fingerprint density at radius 3 is 1.80 bits per heavy atom. The smallest absolute Gasteiger partial charge is 0.0706 e. The van der Waals surface area contributed by atoms with E-state index in [4.69, 9.17) is 6.58 Å². The van der Waals surface area contributed by atoms with Crippen molar-refractivity contribution >= 4 is 93.0 Å². The summed E-state index contributed by atoms with van der Waals surface area (Å²) in [6.45, 7) is 9.00. The van der Waals surface area contributed by atoms with Crippen LogP contribution < -0.4 is 9.80 Å². The van der Waals surface area contributed by atoms with Crippen molar-refractivity contribution in [2.75, 3.05) is 9.80 Å². The van der Waals surface area contributed by atoms with Crippen LogP contribution in [-0.4, -0.2) is 5.54 Å². The molecule has 10 aromatic rings. The largest absolute Gasteiger partial charge is 0.331 e. The second-order valence-electron chi connectivity index (χ2n) is 18.9. The number of rotatable bonds is 10. The van der Waals surface area contributed by atoms with Gasteiger partial charge >= 0.3 is 0 Å². The Labute approximate surface area is 385 Å². The zero-order chi connectivity index (χ0) is 43.7. The van der Waals surface area contributed by atoms with E-state index in [1.807, 2.05) is 12.2 Å². The van der Waals surface area contributed by atoms with Gasteiger partial charge in [-0.25, -0.2) is 0 Å². The van der Waals surface area contributed by atoms with E-state index in [-0.39, 0.29) is 5.54 Å². The van der Waals surface area contributed by atoms with E-state index in [2.05, 4.69) is 217 Å². The van der Waals surface area contributed by atoms with E-state index in [1.54, 1.807) is 0 Å². The lowest BCUT2D eigenvalue weighted by Crippen LogP contribution is -2.37. The minimum absolute atomic E-state index is 0.0683. The highest BCUT2D eigenvalue weighted by atomic mass is 15.3. The van der Waals surface area contributed by atoms with Gasteiger partial charge in [0.25, 0.3) is 0 Å². The molecule has 312 valence electrons. The molecule has 0 radical (unpaired) electrons. The molecule has 2 saturated carbocycles. The average molecular weight is 843 g/mol. The van der Waals surface area contributed by atoms with Crippen molar-refractivity contribution in [2.24, 2.45) is 17.8 Å². The van der Waals surface area contributed by atoms with Crippen molar-refractivity contribution in [1.82, 2.24) is 0 Å². The van der Waals surface area contributed by atoms with Crippen LogP contribution in [0.4, 0.5) is 22.7 Å². The van der Waals surface area contributed by atoms with Gasteiger partial charge in [0.1, 0.15) is 0 Å². The summed E-state index contributed by atoms with van der Waals surface area (Å²) in [5.41, 5.74) is 10.6. The molecule has 2 heteroatoms. The van der Waals surface area contributed by atoms with Crippen molar-refractivity contribution < 1.29 is 0 Å². The van der Waals surface area contributed by atoms with Crippen molar-refractivity contribution in [3.8, 4) is 11.1 Å². The monoisotopic (exact) mass is 842 g/mol. The van der Waals surface area contributed by atoms with Gasteiger partial charge in [0.15, 0.2) is 0 Å². The van der Waals surface area contributed by atoms with Crippen molar-refractivity contribution in [2.45, 2.75) is 18.4 Å². The van der Waals surface area contributed by atoms with Gasteiger partial charge in [-0.2, -0.15) is 0 Å². The molecule has 4 aliphatic carbocycles. The predicted octanol–water partition coefficient (Wildman–Crippen LogP) is 17.2. The van der Waals surface area contributed by atoms with Gasteiger partial charge in [-0.15, -0.1) is 0 Å². The second-order valence-corrected chi connectivity index (χ2v) is 18.9. The number of para-hydroxylation sites is 2. The van der Waals surface area contributed by atoms with Gasteiger partial charge in [-0.05, 0) is 143 Å². The molecule has 0 saturated heterocycles. The van der Waals surface area contributed by atoms with Crippen LogP contribution in [0.1, 0.15) is 18.4 Å². The molecule has 3 unspecified atom stereocenters. The first-order valence-electron chi connectivity index (χ1n) is 23.5. The molecule has 0 N–H and O–H groups in total. The maximum Gasteiger partial charge on any atom is 0.0706 e. The summed E-state index contributed by atoms with van der Waals surface area (Å²) in [7, 11) is 0. The van der Waals surface area contributed by atoms with Gasteiger partial charge in [0, 0.05) is 39.4 Å². The first-order chi connectivity index (χ1) is 32.6. The van der Waals surface area contributed by atoms with Crippen LogP contribution in [0.3, 0.4) is 0 Å². The number of fused-ring (bicyclic) bond motifs is 8. The number of anilines is 4. The molecule has 0 heterocycles. The Hall–Kier alpha value is -7.94. The summed E-state index contributed by atoms with van der Waals surface area (Å²) in [5.74, 6) is 1.83. The van der Waals surface area contributed by atoms with E-state index in [0.29, 0.717) is 17.8 Å². The van der Waals surface area contributed by atoms with Crippen molar-refractivity contribution in [1.29, 1.82) is 0 Å². The summed E-state index contributed by atoms with van der Waals surface area (Å²) in [6.07, 6.45) is 25.3. The summed E-state index contributed by atoms with van der Waals surface area (Å²) in [4.78, 5) is 5.11. The number of hydrogen-bond acceptors (Lipinski definition) is 2. The fraction of sp³-hybridized carbons (Fsp3) is 0.0938. The lowest BCUT2D eigenvalue weighted by Gasteiger charge is -2.36. The van der Waals surface area contributed by atoms with E-state index < -0.39 is 0 Å². The van der Waals surface area contributed by atoms with Crippen LogP contribution >= 0.6 is 0 Å². The predicted molar refractivity (Wildman–Crippen MR) is 283 cm³/mol. The number of hydrogen-bond donors (Lipinski definition) is 0. The second kappa shape index (κ2) is 14.0. The van der Waals surface area contributed by atoms with Crippen LogP contribution in [0, 0.1) is 17.8 Å². The zero-order valence-corrected chi connectivity index (χ0v) is 36.7. The van der Waals surface area contributed by atoms with Gasteiger partial charge in [0.2, 0.25) is 0 Å². The Balaban J connectivity index is 1.12. The molecule has 4 atom stereocenters. The van der Waals surface area contributed by atoms with E-state index in [0.717, 1.165) is 29.1 Å². The summed E-state index contributed by atoms with van der Waals surface area (Å²) in [5, 5.41) is 15.2. The molecule has 66 heavy (non-hydrogen) atoms. The lowest BCUT2D eigenvalue weighted by atomic mass is 9.87. The molecule has 0 spiro atoms. The quantitative estimate of drug-likeness (QED) is 0.127. The van der Waals surface area contributed by atoms with Crippen molar-refractivity contribution in [3.05, 3.63) is 237 Å². The lowest BCUT2D eigenvalue weighted by molar-refractivity contribution is 0.723. The molecular formula is C64H46N2. The summed E-state index contributed by atoms with van der Waals surface area (Å²) in [6, 6.07) is 56.2. The van der Waals surface area contributed by atoms with Crippen LogP contribution in [0.15, 0.2) is 231 Å². The third-order valence-corrected chi connectivity index (χ3v) is 15.3. The van der Waals surface area contributed by atoms with Gasteiger partial charge in [-0.3, -0.25) is 0 Å². The molecule has 2 nitrogen and oxygen atoms in total. The molecule has 0 aromatic heterocycles. The van der Waals surface area contributed by atoms with Crippen LogP contribution in [0.25, 0.3) is 81.3 Å². The van der Waals surface area contributed by atoms with E-state index in [1.165, 1.54) is 99.1 Å². The molecule has 0 aliphatic heterocycles. The standard InChI is InChI=1S/C64H46N2/c1-3-4-18-40(2)56-60-50-28-16-26-48-54(65(45-22-10-6-11-23-45)46-24-12-7-13-25-46)34-32-53(58(48)50)63(60)57(41-19-8-5-9-20-41)62-51-29-17-27-49-55(35-33-52(59(49)51)61(56)62)66(47-31-30-42-37-43(42)38-47)64-36-15-14-21-44(64)39-64/h3-36,38,42-44H,1-2,37,39H2/b18-4-/t42?,43?,44-,64?/m0/s1.